The van der Waals surface area contributed by atoms with Crippen LogP contribution in [0.25, 0.3) is 0 Å². The van der Waals surface area contributed by atoms with Gasteiger partial charge in [0.25, 0.3) is 5.91 Å². The molecule has 0 atom stereocenters. The van der Waals surface area contributed by atoms with E-state index in [1.165, 1.54) is 6.08 Å². The molecule has 0 saturated carbocycles. The summed E-state index contributed by atoms with van der Waals surface area (Å²) in [5, 5.41) is 2.63. The highest BCUT2D eigenvalue weighted by Crippen LogP contribution is 2.03. The van der Waals surface area contributed by atoms with Gasteiger partial charge in [-0.25, -0.2) is 4.79 Å². The zero-order valence-electron chi connectivity index (χ0n) is 10.8. The van der Waals surface area contributed by atoms with E-state index in [4.69, 9.17) is 4.74 Å². The van der Waals surface area contributed by atoms with Crippen molar-refractivity contribution in [3.63, 3.8) is 0 Å². The highest BCUT2D eigenvalue weighted by Gasteiger charge is 2.06. The highest BCUT2D eigenvalue weighted by molar-refractivity contribution is 5.96. The maximum absolute atomic E-state index is 11.8. The van der Waals surface area contributed by atoms with Gasteiger partial charge >= 0.3 is 5.97 Å². The van der Waals surface area contributed by atoms with Crippen molar-refractivity contribution in [2.24, 2.45) is 0 Å². The van der Waals surface area contributed by atoms with Crippen LogP contribution in [0.3, 0.4) is 0 Å². The van der Waals surface area contributed by atoms with E-state index in [9.17, 15) is 9.59 Å². The monoisotopic (exact) mass is 247 g/mol. The molecule has 0 unspecified atom stereocenters. The van der Waals surface area contributed by atoms with Crippen LogP contribution in [-0.4, -0.2) is 18.5 Å². The first-order chi connectivity index (χ1) is 8.52. The Morgan fingerprint density at radius 3 is 2.44 bits per heavy atom. The summed E-state index contributed by atoms with van der Waals surface area (Å²) >= 11 is 0. The molecule has 0 spiro atoms. The minimum absolute atomic E-state index is 0.243. The SMILES string of the molecule is CCOC(=O)C=C(C)NC(=O)c1ccc(C)cc1. The van der Waals surface area contributed by atoms with Crippen LogP contribution in [0.4, 0.5) is 0 Å². The summed E-state index contributed by atoms with van der Waals surface area (Å²) < 4.78 is 4.75. The smallest absolute Gasteiger partial charge is 0.332 e. The molecular formula is C14H17NO3. The number of nitrogens with one attached hydrogen (secondary N) is 1. The molecule has 1 aromatic rings. The molecule has 0 saturated heterocycles. The van der Waals surface area contributed by atoms with E-state index in [2.05, 4.69) is 5.32 Å². The molecule has 96 valence electrons. The standard InChI is InChI=1S/C14H17NO3/c1-4-18-13(16)9-11(3)15-14(17)12-7-5-10(2)6-8-12/h5-9H,4H2,1-3H3,(H,15,17). The van der Waals surface area contributed by atoms with Crippen molar-refractivity contribution < 1.29 is 14.3 Å². The number of allylic oxidation sites excluding steroid dienone is 1. The molecule has 1 N–H and O–H groups in total. The minimum atomic E-state index is -0.459. The van der Waals surface area contributed by atoms with Gasteiger partial charge in [-0.3, -0.25) is 4.79 Å². The third-order valence-electron chi connectivity index (χ3n) is 2.25. The van der Waals surface area contributed by atoms with E-state index < -0.39 is 5.97 Å². The first-order valence-electron chi connectivity index (χ1n) is 5.76. The summed E-state index contributed by atoms with van der Waals surface area (Å²) in [6, 6.07) is 7.20. The number of amides is 1. The Hall–Kier alpha value is -2.10. The molecule has 0 fully saturated rings. The third kappa shape index (κ3) is 4.41. The topological polar surface area (TPSA) is 55.4 Å². The number of hydrogen-bond acceptors (Lipinski definition) is 3. The fraction of sp³-hybridized carbons (Fsp3) is 0.286. The molecule has 0 aromatic heterocycles. The average Bonchev–Trinajstić information content (AvgIpc) is 2.29. The first-order valence-corrected chi connectivity index (χ1v) is 5.76. The van der Waals surface area contributed by atoms with Crippen molar-refractivity contribution in [2.75, 3.05) is 6.61 Å². The van der Waals surface area contributed by atoms with Crippen LogP contribution < -0.4 is 5.32 Å². The molecule has 4 nitrogen and oxygen atoms in total. The largest absolute Gasteiger partial charge is 0.463 e. The van der Waals surface area contributed by atoms with E-state index in [1.54, 1.807) is 26.0 Å². The third-order valence-corrected chi connectivity index (χ3v) is 2.25. The van der Waals surface area contributed by atoms with Gasteiger partial charge in [-0.2, -0.15) is 0 Å². The second kappa shape index (κ2) is 6.59. The van der Waals surface area contributed by atoms with Gasteiger partial charge in [-0.05, 0) is 32.9 Å². The zero-order chi connectivity index (χ0) is 13.5. The second-order valence-corrected chi connectivity index (χ2v) is 3.90. The molecule has 0 bridgehead atoms. The predicted molar refractivity (Wildman–Crippen MR) is 69.0 cm³/mol. The number of benzene rings is 1. The second-order valence-electron chi connectivity index (χ2n) is 3.90. The first kappa shape index (κ1) is 14.0. The lowest BCUT2D eigenvalue weighted by Crippen LogP contribution is -2.22. The number of esters is 1. The number of aryl methyl sites for hydroxylation is 1. The van der Waals surface area contributed by atoms with Crippen LogP contribution >= 0.6 is 0 Å². The molecule has 1 aromatic carbocycles. The van der Waals surface area contributed by atoms with Gasteiger partial charge in [0.05, 0.1) is 6.61 Å². The molecule has 1 rings (SSSR count). The van der Waals surface area contributed by atoms with Gasteiger partial charge in [-0.15, -0.1) is 0 Å². The van der Waals surface area contributed by atoms with Crippen molar-refractivity contribution in [1.29, 1.82) is 0 Å². The van der Waals surface area contributed by atoms with Gasteiger partial charge in [0.15, 0.2) is 0 Å². The molecule has 4 heteroatoms. The Bertz CT molecular complexity index is 460. The zero-order valence-corrected chi connectivity index (χ0v) is 10.8. The Morgan fingerprint density at radius 2 is 1.89 bits per heavy atom. The van der Waals surface area contributed by atoms with E-state index in [0.717, 1.165) is 5.56 Å². The lowest BCUT2D eigenvalue weighted by molar-refractivity contribution is -0.137. The fourth-order valence-electron chi connectivity index (χ4n) is 1.35. The van der Waals surface area contributed by atoms with Gasteiger partial charge in [0, 0.05) is 17.3 Å². The molecule has 0 aliphatic heterocycles. The predicted octanol–water partition coefficient (Wildman–Crippen LogP) is 2.19. The Kier molecular flexibility index (Phi) is 5.11. The highest BCUT2D eigenvalue weighted by atomic mass is 16.5. The van der Waals surface area contributed by atoms with Gasteiger partial charge in [0.2, 0.25) is 0 Å². The van der Waals surface area contributed by atoms with Gasteiger partial charge in [0.1, 0.15) is 0 Å². The molecule has 18 heavy (non-hydrogen) atoms. The Labute approximate surface area is 107 Å². The van der Waals surface area contributed by atoms with Crippen LogP contribution in [0.15, 0.2) is 36.0 Å². The summed E-state index contributed by atoms with van der Waals surface area (Å²) in [4.78, 5) is 23.0. The van der Waals surface area contributed by atoms with Crippen molar-refractivity contribution in [3.8, 4) is 0 Å². The van der Waals surface area contributed by atoms with Crippen molar-refractivity contribution in [3.05, 3.63) is 47.2 Å². The van der Waals surface area contributed by atoms with E-state index in [0.29, 0.717) is 17.9 Å². The van der Waals surface area contributed by atoms with Gasteiger partial charge in [-0.1, -0.05) is 17.7 Å². The number of carbonyl (C=O) groups excluding carboxylic acids is 2. The number of ether oxygens (including phenoxy) is 1. The summed E-state index contributed by atoms with van der Waals surface area (Å²) in [5.41, 5.74) is 2.10. The minimum Gasteiger partial charge on any atom is -0.463 e. The van der Waals surface area contributed by atoms with E-state index >= 15 is 0 Å². The van der Waals surface area contributed by atoms with Crippen LogP contribution in [0.2, 0.25) is 0 Å². The van der Waals surface area contributed by atoms with Crippen molar-refractivity contribution >= 4 is 11.9 Å². The summed E-state index contributed by atoms with van der Waals surface area (Å²) in [6.07, 6.45) is 1.26. The quantitative estimate of drug-likeness (QED) is 0.655. The maximum atomic E-state index is 11.8. The number of hydrogen-bond donors (Lipinski definition) is 1. The van der Waals surface area contributed by atoms with E-state index in [-0.39, 0.29) is 5.91 Å². The van der Waals surface area contributed by atoms with Crippen molar-refractivity contribution in [1.82, 2.24) is 5.32 Å². The fourth-order valence-corrected chi connectivity index (χ4v) is 1.35. The lowest BCUT2D eigenvalue weighted by Gasteiger charge is -2.05. The Morgan fingerprint density at radius 1 is 1.28 bits per heavy atom. The van der Waals surface area contributed by atoms with Crippen LogP contribution in [0.5, 0.6) is 0 Å². The van der Waals surface area contributed by atoms with Gasteiger partial charge < -0.3 is 10.1 Å². The summed E-state index contributed by atoms with van der Waals surface area (Å²) in [7, 11) is 0. The molecule has 0 heterocycles. The Balaban J connectivity index is 2.64. The number of rotatable bonds is 4. The molecule has 0 aliphatic rings. The van der Waals surface area contributed by atoms with E-state index in [1.807, 2.05) is 19.1 Å². The lowest BCUT2D eigenvalue weighted by atomic mass is 10.1. The molecule has 0 radical (unpaired) electrons. The average molecular weight is 247 g/mol. The van der Waals surface area contributed by atoms with Crippen LogP contribution in [0, 0.1) is 6.92 Å². The maximum Gasteiger partial charge on any atom is 0.332 e. The normalized spacial score (nSPS) is 10.9. The van der Waals surface area contributed by atoms with Crippen molar-refractivity contribution in [2.45, 2.75) is 20.8 Å². The summed E-state index contributed by atoms with van der Waals surface area (Å²) in [6.45, 7) is 5.64. The summed E-state index contributed by atoms with van der Waals surface area (Å²) in [5.74, 6) is -0.702. The molecule has 1 amide bonds. The molecular weight excluding hydrogens is 230 g/mol. The van der Waals surface area contributed by atoms with Crippen LogP contribution in [0.1, 0.15) is 29.8 Å². The molecule has 0 aliphatic carbocycles. The van der Waals surface area contributed by atoms with Crippen LogP contribution in [-0.2, 0) is 9.53 Å². The number of carbonyl (C=O) groups is 2.